The van der Waals surface area contributed by atoms with Crippen LogP contribution in [0, 0.1) is 5.82 Å². The van der Waals surface area contributed by atoms with Crippen LogP contribution in [0.1, 0.15) is 5.82 Å². The first-order chi connectivity index (χ1) is 11.7. The molecule has 0 saturated carbocycles. The summed E-state index contributed by atoms with van der Waals surface area (Å²) in [5.41, 5.74) is 0.692. The maximum absolute atomic E-state index is 12.9. The Kier molecular flexibility index (Phi) is 4.81. The van der Waals surface area contributed by atoms with E-state index in [9.17, 15) is 9.18 Å². The lowest BCUT2D eigenvalue weighted by Crippen LogP contribution is -2.28. The standard InChI is InChI=1S/C17H15FN4O2/c18-13-8-6-12(7-9-13)17-20-15(21-22-17)10-19-16(23)11-24-14-4-2-1-3-5-14/h1-9H,10-11H2,(H,19,23)(H,20,21,22). The molecular weight excluding hydrogens is 311 g/mol. The molecule has 1 heterocycles. The van der Waals surface area contributed by atoms with Crippen molar-refractivity contribution in [3.63, 3.8) is 0 Å². The Hall–Kier alpha value is -3.22. The number of nitrogens with one attached hydrogen (secondary N) is 2. The molecule has 24 heavy (non-hydrogen) atoms. The number of rotatable bonds is 6. The number of hydrogen-bond donors (Lipinski definition) is 2. The van der Waals surface area contributed by atoms with Crippen molar-refractivity contribution in [2.24, 2.45) is 0 Å². The number of amides is 1. The van der Waals surface area contributed by atoms with E-state index in [2.05, 4.69) is 20.5 Å². The molecule has 1 aromatic heterocycles. The summed E-state index contributed by atoms with van der Waals surface area (Å²) in [5.74, 6) is 0.992. The number of carbonyl (C=O) groups is 1. The van der Waals surface area contributed by atoms with Gasteiger partial charge in [-0.05, 0) is 36.4 Å². The molecule has 0 radical (unpaired) electrons. The monoisotopic (exact) mass is 326 g/mol. The lowest BCUT2D eigenvalue weighted by Gasteiger charge is -2.05. The Morgan fingerprint density at radius 2 is 1.88 bits per heavy atom. The van der Waals surface area contributed by atoms with E-state index in [-0.39, 0.29) is 24.9 Å². The summed E-state index contributed by atoms with van der Waals surface area (Å²) >= 11 is 0. The Bertz CT molecular complexity index is 803. The van der Waals surface area contributed by atoms with E-state index in [1.807, 2.05) is 18.2 Å². The highest BCUT2D eigenvalue weighted by Crippen LogP contribution is 2.14. The molecule has 3 rings (SSSR count). The third-order valence-electron chi connectivity index (χ3n) is 3.20. The molecule has 1 amide bonds. The maximum atomic E-state index is 12.9. The predicted octanol–water partition coefficient (Wildman–Crippen LogP) is 2.31. The van der Waals surface area contributed by atoms with Crippen LogP contribution in [-0.4, -0.2) is 27.7 Å². The molecule has 0 saturated heterocycles. The third kappa shape index (κ3) is 4.16. The van der Waals surface area contributed by atoms with Crippen LogP contribution < -0.4 is 10.1 Å². The van der Waals surface area contributed by atoms with Crippen LogP contribution in [0.15, 0.2) is 54.6 Å². The van der Waals surface area contributed by atoms with Crippen molar-refractivity contribution >= 4 is 5.91 Å². The van der Waals surface area contributed by atoms with E-state index < -0.39 is 0 Å². The Morgan fingerprint density at radius 1 is 1.12 bits per heavy atom. The van der Waals surface area contributed by atoms with Crippen LogP contribution in [0.4, 0.5) is 4.39 Å². The number of aromatic nitrogens is 3. The minimum atomic E-state index is -0.319. The quantitative estimate of drug-likeness (QED) is 0.728. The van der Waals surface area contributed by atoms with E-state index in [1.165, 1.54) is 12.1 Å². The van der Waals surface area contributed by atoms with Gasteiger partial charge in [-0.3, -0.25) is 9.89 Å². The molecule has 0 unspecified atom stereocenters. The molecular formula is C17H15FN4O2. The number of ether oxygens (including phenoxy) is 1. The zero-order valence-electron chi connectivity index (χ0n) is 12.7. The van der Waals surface area contributed by atoms with Gasteiger partial charge in [0.15, 0.2) is 12.4 Å². The first-order valence-electron chi connectivity index (χ1n) is 7.32. The number of hydrogen-bond acceptors (Lipinski definition) is 4. The fraction of sp³-hybridized carbons (Fsp3) is 0.118. The minimum Gasteiger partial charge on any atom is -0.484 e. The number of benzene rings is 2. The van der Waals surface area contributed by atoms with Gasteiger partial charge in [0, 0.05) is 5.56 Å². The second-order valence-electron chi connectivity index (χ2n) is 4.99. The minimum absolute atomic E-state index is 0.0804. The molecule has 2 aromatic carbocycles. The van der Waals surface area contributed by atoms with Gasteiger partial charge in [0.05, 0.1) is 6.54 Å². The van der Waals surface area contributed by atoms with Gasteiger partial charge in [-0.15, -0.1) is 0 Å². The first-order valence-corrected chi connectivity index (χ1v) is 7.32. The summed E-state index contributed by atoms with van der Waals surface area (Å²) in [6, 6.07) is 15.0. The van der Waals surface area contributed by atoms with Crippen molar-refractivity contribution < 1.29 is 13.9 Å². The van der Waals surface area contributed by atoms with Crippen LogP contribution in [0.3, 0.4) is 0 Å². The van der Waals surface area contributed by atoms with Crippen molar-refractivity contribution in [1.82, 2.24) is 20.5 Å². The van der Waals surface area contributed by atoms with E-state index in [4.69, 9.17) is 4.74 Å². The van der Waals surface area contributed by atoms with Crippen molar-refractivity contribution in [2.75, 3.05) is 6.61 Å². The fourth-order valence-electron chi connectivity index (χ4n) is 2.00. The number of nitrogens with zero attached hydrogens (tertiary/aromatic N) is 2. The van der Waals surface area contributed by atoms with Crippen LogP contribution in [-0.2, 0) is 11.3 Å². The molecule has 0 aliphatic heterocycles. The molecule has 3 aromatic rings. The third-order valence-corrected chi connectivity index (χ3v) is 3.20. The molecule has 122 valence electrons. The molecule has 0 aliphatic carbocycles. The Morgan fingerprint density at radius 3 is 2.62 bits per heavy atom. The van der Waals surface area contributed by atoms with Gasteiger partial charge in [0.25, 0.3) is 5.91 Å². The molecule has 2 N–H and O–H groups in total. The second kappa shape index (κ2) is 7.36. The van der Waals surface area contributed by atoms with Gasteiger partial charge in [0.2, 0.25) is 0 Å². The zero-order valence-corrected chi connectivity index (χ0v) is 12.7. The van der Waals surface area contributed by atoms with E-state index in [0.29, 0.717) is 23.0 Å². The maximum Gasteiger partial charge on any atom is 0.258 e. The molecule has 0 spiro atoms. The lowest BCUT2D eigenvalue weighted by molar-refractivity contribution is -0.123. The molecule has 0 bridgehead atoms. The number of H-pyrrole nitrogens is 1. The van der Waals surface area contributed by atoms with E-state index in [1.54, 1.807) is 24.3 Å². The summed E-state index contributed by atoms with van der Waals surface area (Å²) in [6.45, 7) is 0.119. The number of carbonyl (C=O) groups excluding carboxylic acids is 1. The highest BCUT2D eigenvalue weighted by Gasteiger charge is 2.08. The highest BCUT2D eigenvalue weighted by atomic mass is 19.1. The smallest absolute Gasteiger partial charge is 0.258 e. The second-order valence-corrected chi connectivity index (χ2v) is 4.99. The summed E-state index contributed by atoms with van der Waals surface area (Å²) in [5, 5.41) is 9.47. The van der Waals surface area contributed by atoms with Crippen molar-refractivity contribution in [3.8, 4) is 17.1 Å². The molecule has 0 aliphatic rings. The fourth-order valence-corrected chi connectivity index (χ4v) is 2.00. The topological polar surface area (TPSA) is 79.9 Å². The van der Waals surface area contributed by atoms with Crippen molar-refractivity contribution in [3.05, 3.63) is 66.2 Å². The SMILES string of the molecule is O=C(COc1ccccc1)NCc1nc(-c2ccc(F)cc2)n[nH]1. The highest BCUT2D eigenvalue weighted by molar-refractivity contribution is 5.77. The van der Waals surface area contributed by atoms with Crippen molar-refractivity contribution in [2.45, 2.75) is 6.54 Å². The van der Waals surface area contributed by atoms with E-state index in [0.717, 1.165) is 0 Å². The largest absolute Gasteiger partial charge is 0.484 e. The van der Waals surface area contributed by atoms with Gasteiger partial charge in [-0.1, -0.05) is 18.2 Å². The summed E-state index contributed by atoms with van der Waals surface area (Å²) in [6.07, 6.45) is 0. The Balaban J connectivity index is 1.50. The lowest BCUT2D eigenvalue weighted by atomic mass is 10.2. The zero-order chi connectivity index (χ0) is 16.8. The van der Waals surface area contributed by atoms with Crippen molar-refractivity contribution in [1.29, 1.82) is 0 Å². The van der Waals surface area contributed by atoms with Crippen LogP contribution in [0.25, 0.3) is 11.4 Å². The average molecular weight is 326 g/mol. The number of aromatic amines is 1. The van der Waals surface area contributed by atoms with Gasteiger partial charge < -0.3 is 10.1 Å². The summed E-state index contributed by atoms with van der Waals surface area (Å²) in [4.78, 5) is 16.0. The van der Waals surface area contributed by atoms with Gasteiger partial charge in [-0.25, -0.2) is 9.37 Å². The van der Waals surface area contributed by atoms with Crippen LogP contribution >= 0.6 is 0 Å². The normalized spacial score (nSPS) is 10.4. The van der Waals surface area contributed by atoms with Gasteiger partial charge in [-0.2, -0.15) is 5.10 Å². The molecule has 6 nitrogen and oxygen atoms in total. The summed E-state index contributed by atoms with van der Waals surface area (Å²) < 4.78 is 18.3. The first kappa shape index (κ1) is 15.7. The molecule has 0 fully saturated rings. The van der Waals surface area contributed by atoms with E-state index >= 15 is 0 Å². The average Bonchev–Trinajstić information content (AvgIpc) is 3.09. The number of para-hydroxylation sites is 1. The van der Waals surface area contributed by atoms with Gasteiger partial charge in [0.1, 0.15) is 17.4 Å². The van der Waals surface area contributed by atoms with Gasteiger partial charge >= 0.3 is 0 Å². The van der Waals surface area contributed by atoms with Crippen LogP contribution in [0.5, 0.6) is 5.75 Å². The summed E-state index contributed by atoms with van der Waals surface area (Å²) in [7, 11) is 0. The molecule has 0 atom stereocenters. The Labute approximate surface area is 137 Å². The number of halogens is 1. The predicted molar refractivity (Wildman–Crippen MR) is 85.6 cm³/mol. The molecule has 7 heteroatoms. The van der Waals surface area contributed by atoms with Crippen LogP contribution in [0.2, 0.25) is 0 Å².